The molecule has 1 aromatic carbocycles. The minimum Gasteiger partial charge on any atom is -0.492 e. The highest BCUT2D eigenvalue weighted by Crippen LogP contribution is 2.20. The van der Waals surface area contributed by atoms with Crippen LogP contribution in [0.2, 0.25) is 0 Å². The van der Waals surface area contributed by atoms with Gasteiger partial charge in [0.25, 0.3) is 0 Å². The maximum atomic E-state index is 13.1. The highest BCUT2D eigenvalue weighted by Gasteiger charge is 2.34. The van der Waals surface area contributed by atoms with Crippen LogP contribution < -0.4 is 15.4 Å². The van der Waals surface area contributed by atoms with Crippen molar-refractivity contribution >= 4 is 29.9 Å². The van der Waals surface area contributed by atoms with Gasteiger partial charge in [0, 0.05) is 32.2 Å². The number of hydrogen-bond donors (Lipinski definition) is 2. The molecular weight excluding hydrogens is 486 g/mol. The topological polar surface area (TPSA) is 48.9 Å². The molecule has 0 bridgehead atoms. The van der Waals surface area contributed by atoms with Crippen molar-refractivity contribution in [1.82, 2.24) is 15.5 Å². The molecular formula is C16H22F5IN4O. The second-order valence-corrected chi connectivity index (χ2v) is 5.90. The van der Waals surface area contributed by atoms with Gasteiger partial charge in [-0.15, -0.1) is 24.0 Å². The van der Waals surface area contributed by atoms with Crippen molar-refractivity contribution in [3.8, 4) is 5.75 Å². The van der Waals surface area contributed by atoms with E-state index in [-0.39, 0.29) is 48.9 Å². The smallest absolute Gasteiger partial charge is 0.401 e. The predicted molar refractivity (Wildman–Crippen MR) is 103 cm³/mol. The third-order valence-electron chi connectivity index (χ3n) is 3.79. The molecule has 0 aliphatic carbocycles. The van der Waals surface area contributed by atoms with Crippen LogP contribution in [0.5, 0.6) is 5.75 Å². The van der Waals surface area contributed by atoms with Gasteiger partial charge in [-0.3, -0.25) is 9.89 Å². The molecule has 0 spiro atoms. The summed E-state index contributed by atoms with van der Waals surface area (Å²) in [7, 11) is 1.55. The molecule has 1 fully saturated rings. The molecule has 154 valence electrons. The molecule has 1 aliphatic heterocycles. The summed E-state index contributed by atoms with van der Waals surface area (Å²) in [5.74, 6) is -1.29. The van der Waals surface area contributed by atoms with Crippen molar-refractivity contribution in [3.63, 3.8) is 0 Å². The Kier molecular flexibility index (Phi) is 9.50. The van der Waals surface area contributed by atoms with E-state index in [1.165, 1.54) is 11.0 Å². The lowest BCUT2D eigenvalue weighted by atomic mass is 10.3. The molecule has 5 nitrogen and oxygen atoms in total. The summed E-state index contributed by atoms with van der Waals surface area (Å²) in [6, 6.07) is 3.12. The van der Waals surface area contributed by atoms with Crippen LogP contribution in [0.3, 0.4) is 0 Å². The van der Waals surface area contributed by atoms with Crippen LogP contribution in [0.25, 0.3) is 0 Å². The standard InChI is InChI=1S/C16H21F5N4O.HI/c1-22-15(24-11-4-6-25(9-11)10-16(19,20)21)23-5-7-26-12-2-3-13(17)14(18)8-12;/h2-3,8,11H,4-7,9-10H2,1H3,(H2,22,23,24);1H. The van der Waals surface area contributed by atoms with Crippen LogP contribution in [-0.2, 0) is 0 Å². The first-order chi connectivity index (χ1) is 12.3. The van der Waals surface area contributed by atoms with E-state index in [0.717, 1.165) is 12.1 Å². The number of aliphatic imine (C=N–C) groups is 1. The molecule has 0 amide bonds. The van der Waals surface area contributed by atoms with E-state index in [9.17, 15) is 22.0 Å². The quantitative estimate of drug-likeness (QED) is 0.204. The molecule has 2 N–H and O–H groups in total. The fraction of sp³-hybridized carbons (Fsp3) is 0.562. The third kappa shape index (κ3) is 8.45. The number of alkyl halides is 3. The number of halogens is 6. The van der Waals surface area contributed by atoms with E-state index >= 15 is 0 Å². The lowest BCUT2D eigenvalue weighted by molar-refractivity contribution is -0.143. The second kappa shape index (κ2) is 10.8. The fourth-order valence-corrected chi connectivity index (χ4v) is 2.64. The van der Waals surface area contributed by atoms with E-state index in [1.54, 1.807) is 7.05 Å². The summed E-state index contributed by atoms with van der Waals surface area (Å²) in [6.07, 6.45) is -3.62. The monoisotopic (exact) mass is 508 g/mol. The van der Waals surface area contributed by atoms with Crippen molar-refractivity contribution in [2.24, 2.45) is 4.99 Å². The Morgan fingerprint density at radius 3 is 2.67 bits per heavy atom. The zero-order valence-corrected chi connectivity index (χ0v) is 17.0. The number of guanidine groups is 1. The number of nitrogens with one attached hydrogen (secondary N) is 2. The van der Waals surface area contributed by atoms with Crippen LogP contribution in [0.15, 0.2) is 23.2 Å². The molecule has 0 aromatic heterocycles. The maximum Gasteiger partial charge on any atom is 0.401 e. The number of hydrogen-bond acceptors (Lipinski definition) is 3. The van der Waals surface area contributed by atoms with Crippen molar-refractivity contribution in [2.75, 3.05) is 39.8 Å². The van der Waals surface area contributed by atoms with E-state index in [1.807, 2.05) is 0 Å². The zero-order valence-electron chi connectivity index (χ0n) is 14.7. The Bertz CT molecular complexity index is 629. The summed E-state index contributed by atoms with van der Waals surface area (Å²) in [5, 5.41) is 6.02. The van der Waals surface area contributed by atoms with Crippen LogP contribution in [-0.4, -0.2) is 62.9 Å². The first-order valence-corrected chi connectivity index (χ1v) is 8.11. The maximum absolute atomic E-state index is 13.1. The van der Waals surface area contributed by atoms with E-state index in [2.05, 4.69) is 15.6 Å². The van der Waals surface area contributed by atoms with Crippen molar-refractivity contribution < 1.29 is 26.7 Å². The molecule has 27 heavy (non-hydrogen) atoms. The van der Waals surface area contributed by atoms with Gasteiger partial charge in [0.1, 0.15) is 12.4 Å². The van der Waals surface area contributed by atoms with E-state index in [0.29, 0.717) is 25.5 Å². The largest absolute Gasteiger partial charge is 0.492 e. The Labute approximate surface area is 171 Å². The van der Waals surface area contributed by atoms with E-state index < -0.39 is 24.4 Å². The zero-order chi connectivity index (χ0) is 19.2. The summed E-state index contributed by atoms with van der Waals surface area (Å²) in [4.78, 5) is 5.35. The van der Waals surface area contributed by atoms with Crippen molar-refractivity contribution in [3.05, 3.63) is 29.8 Å². The van der Waals surface area contributed by atoms with Gasteiger partial charge in [-0.1, -0.05) is 0 Å². The molecule has 0 radical (unpaired) electrons. The van der Waals surface area contributed by atoms with Gasteiger partial charge in [-0.05, 0) is 18.6 Å². The summed E-state index contributed by atoms with van der Waals surface area (Å²) >= 11 is 0. The van der Waals surface area contributed by atoms with Crippen LogP contribution >= 0.6 is 24.0 Å². The van der Waals surface area contributed by atoms with Crippen LogP contribution in [0.1, 0.15) is 6.42 Å². The first kappa shape index (κ1) is 23.7. The summed E-state index contributed by atoms with van der Waals surface area (Å²) in [6.45, 7) is 0.243. The van der Waals surface area contributed by atoms with Gasteiger partial charge < -0.3 is 15.4 Å². The van der Waals surface area contributed by atoms with Crippen LogP contribution in [0, 0.1) is 11.6 Å². The minimum atomic E-state index is -4.20. The number of likely N-dealkylation sites (tertiary alicyclic amines) is 1. The molecule has 1 aromatic rings. The third-order valence-corrected chi connectivity index (χ3v) is 3.79. The highest BCUT2D eigenvalue weighted by atomic mass is 127. The van der Waals surface area contributed by atoms with Gasteiger partial charge in [-0.25, -0.2) is 8.78 Å². The molecule has 0 saturated carbocycles. The van der Waals surface area contributed by atoms with Crippen molar-refractivity contribution in [1.29, 1.82) is 0 Å². The lowest BCUT2D eigenvalue weighted by Crippen LogP contribution is -2.46. The van der Waals surface area contributed by atoms with Crippen molar-refractivity contribution in [2.45, 2.75) is 18.6 Å². The summed E-state index contributed by atoms with van der Waals surface area (Å²) < 4.78 is 68.4. The number of benzene rings is 1. The summed E-state index contributed by atoms with van der Waals surface area (Å²) in [5.41, 5.74) is 0. The first-order valence-electron chi connectivity index (χ1n) is 8.11. The molecule has 1 saturated heterocycles. The lowest BCUT2D eigenvalue weighted by Gasteiger charge is -2.19. The number of nitrogens with zero attached hydrogens (tertiary/aromatic N) is 2. The fourth-order valence-electron chi connectivity index (χ4n) is 2.64. The molecule has 2 rings (SSSR count). The predicted octanol–water partition coefficient (Wildman–Crippen LogP) is 2.76. The number of rotatable bonds is 6. The normalized spacial score (nSPS) is 18.1. The average Bonchev–Trinajstić information content (AvgIpc) is 2.98. The minimum absolute atomic E-state index is 0. The molecule has 11 heteroatoms. The molecule has 1 atom stereocenters. The van der Waals surface area contributed by atoms with Gasteiger partial charge in [0.05, 0.1) is 13.1 Å². The van der Waals surface area contributed by atoms with Gasteiger partial charge in [-0.2, -0.15) is 13.2 Å². The molecule has 1 aliphatic rings. The van der Waals surface area contributed by atoms with Gasteiger partial charge >= 0.3 is 6.18 Å². The Morgan fingerprint density at radius 1 is 1.30 bits per heavy atom. The highest BCUT2D eigenvalue weighted by molar-refractivity contribution is 14.0. The Hall–Kier alpha value is -1.37. The van der Waals surface area contributed by atoms with Gasteiger partial charge in [0.2, 0.25) is 0 Å². The van der Waals surface area contributed by atoms with Gasteiger partial charge in [0.15, 0.2) is 17.6 Å². The molecule has 1 unspecified atom stereocenters. The Morgan fingerprint density at radius 2 is 2.04 bits per heavy atom. The van der Waals surface area contributed by atoms with E-state index in [4.69, 9.17) is 4.74 Å². The van der Waals surface area contributed by atoms with Crippen LogP contribution in [0.4, 0.5) is 22.0 Å². The Balaban J connectivity index is 0.00000364. The average molecular weight is 508 g/mol. The second-order valence-electron chi connectivity index (χ2n) is 5.90. The number of ether oxygens (including phenoxy) is 1. The molecule has 1 heterocycles. The SMILES string of the molecule is CN=C(NCCOc1ccc(F)c(F)c1)NC1CCN(CC(F)(F)F)C1.I.